The van der Waals surface area contributed by atoms with Gasteiger partial charge in [-0.05, 0) is 42.0 Å². The van der Waals surface area contributed by atoms with Crippen LogP contribution in [0.2, 0.25) is 5.02 Å². The van der Waals surface area contributed by atoms with Gasteiger partial charge >= 0.3 is 6.18 Å². The average molecular weight is 517 g/mol. The first-order valence-corrected chi connectivity index (χ1v) is 11.2. The van der Waals surface area contributed by atoms with E-state index in [1.165, 1.54) is 29.3 Å². The van der Waals surface area contributed by atoms with Crippen LogP contribution in [0.3, 0.4) is 0 Å². The molecule has 1 aliphatic rings. The highest BCUT2D eigenvalue weighted by Crippen LogP contribution is 2.32. The molecule has 0 fully saturated rings. The zero-order valence-corrected chi connectivity index (χ0v) is 19.7. The van der Waals surface area contributed by atoms with Crippen LogP contribution in [0.1, 0.15) is 22.3 Å². The Morgan fingerprint density at radius 3 is 2.28 bits per heavy atom. The van der Waals surface area contributed by atoms with E-state index < -0.39 is 23.5 Å². The number of carbonyl (C=O) groups is 1. The number of amides is 1. The smallest absolute Gasteiger partial charge is 0.350 e. The number of nitrogens with one attached hydrogen (secondary N) is 1. The summed E-state index contributed by atoms with van der Waals surface area (Å²) in [5, 5.41) is 8.86. The Morgan fingerprint density at radius 1 is 0.972 bits per heavy atom. The lowest BCUT2D eigenvalue weighted by molar-refractivity contribution is -0.138. The van der Waals surface area contributed by atoms with Crippen LogP contribution >= 0.6 is 11.6 Å². The topological polar surface area (TPSA) is 47.9 Å². The highest BCUT2D eigenvalue weighted by atomic mass is 35.5. The molecule has 0 aliphatic carbocycles. The Hall–Kier alpha value is -3.85. The van der Waals surface area contributed by atoms with Gasteiger partial charge in [0.25, 0.3) is 0 Å². The maximum Gasteiger partial charge on any atom is 0.416 e. The number of hydrogen-bond acceptors (Lipinski definition) is 4. The minimum atomic E-state index is -4.53. The molecule has 0 saturated carbocycles. The van der Waals surface area contributed by atoms with Gasteiger partial charge in [-0.1, -0.05) is 54.6 Å². The van der Waals surface area contributed by atoms with E-state index in [2.05, 4.69) is 17.0 Å². The number of nitrogens with zero attached hydrogens (tertiary/aromatic N) is 3. The molecule has 0 radical (unpaired) electrons. The third-order valence-electron chi connectivity index (χ3n) is 5.56. The van der Waals surface area contributed by atoms with Crippen LogP contribution in [-0.4, -0.2) is 28.2 Å². The van der Waals surface area contributed by atoms with Crippen molar-refractivity contribution in [1.29, 1.82) is 0 Å². The number of halogens is 5. The van der Waals surface area contributed by atoms with Crippen molar-refractivity contribution >= 4 is 23.3 Å². The van der Waals surface area contributed by atoms with E-state index in [1.807, 2.05) is 0 Å². The maximum atomic E-state index is 14.4. The molecule has 0 saturated heterocycles. The zero-order chi connectivity index (χ0) is 25.9. The van der Waals surface area contributed by atoms with Crippen molar-refractivity contribution in [3.63, 3.8) is 0 Å². The largest absolute Gasteiger partial charge is 0.416 e. The summed E-state index contributed by atoms with van der Waals surface area (Å²) in [4.78, 5) is 14.3. The molecule has 36 heavy (non-hydrogen) atoms. The van der Waals surface area contributed by atoms with E-state index in [9.17, 15) is 22.4 Å². The van der Waals surface area contributed by atoms with Crippen molar-refractivity contribution in [2.45, 2.75) is 19.3 Å². The molecule has 5 nitrogen and oxygen atoms in total. The highest BCUT2D eigenvalue weighted by Gasteiger charge is 2.33. The molecular weight excluding hydrogens is 496 g/mol. The first-order valence-electron chi connectivity index (χ1n) is 10.9. The van der Waals surface area contributed by atoms with E-state index in [4.69, 9.17) is 11.6 Å². The van der Waals surface area contributed by atoms with Crippen molar-refractivity contribution in [2.75, 3.05) is 6.54 Å². The number of rotatable bonds is 7. The van der Waals surface area contributed by atoms with Crippen LogP contribution in [0.15, 0.2) is 90.3 Å². The molecule has 3 aromatic carbocycles. The molecule has 186 valence electrons. The molecule has 0 atom stereocenters. The summed E-state index contributed by atoms with van der Waals surface area (Å²) in [7, 11) is 0. The molecule has 0 bridgehead atoms. The lowest BCUT2D eigenvalue weighted by atomic mass is 10.1. The van der Waals surface area contributed by atoms with Gasteiger partial charge in [-0.15, -0.1) is 0 Å². The lowest BCUT2D eigenvalue weighted by Crippen LogP contribution is -2.35. The Bertz CT molecular complexity index is 1310. The molecule has 1 heterocycles. The van der Waals surface area contributed by atoms with Gasteiger partial charge in [0.2, 0.25) is 5.91 Å². The van der Waals surface area contributed by atoms with Gasteiger partial charge in [0.05, 0.1) is 12.1 Å². The Labute approximate surface area is 210 Å². The molecule has 10 heteroatoms. The zero-order valence-electron chi connectivity index (χ0n) is 18.9. The van der Waals surface area contributed by atoms with Crippen LogP contribution in [0.5, 0.6) is 0 Å². The minimum Gasteiger partial charge on any atom is -0.350 e. The van der Waals surface area contributed by atoms with Crippen LogP contribution in [0, 0.1) is 5.82 Å². The Kier molecular flexibility index (Phi) is 7.30. The first-order chi connectivity index (χ1) is 17.1. The van der Waals surface area contributed by atoms with Crippen molar-refractivity contribution in [2.24, 2.45) is 5.10 Å². The Balaban J connectivity index is 1.52. The van der Waals surface area contributed by atoms with Crippen molar-refractivity contribution < 1.29 is 22.4 Å². The summed E-state index contributed by atoms with van der Waals surface area (Å²) in [6.07, 6.45) is -4.53. The van der Waals surface area contributed by atoms with Crippen molar-refractivity contribution in [3.05, 3.63) is 118 Å². The molecule has 1 amide bonds. The number of amidine groups is 1. The standard InChI is InChI=1S/C26H21ClF4N4O/c1-17-34(15-20-7-3-5-9-23(20)28)25(18-10-12-21(27)13-11-18)33-35(17)16-24(36)32-14-19-6-2-4-8-22(19)26(29,30)31/h2-13H,1,14-16H2,(H,32,36). The van der Waals surface area contributed by atoms with Gasteiger partial charge in [-0.2, -0.15) is 18.3 Å². The summed E-state index contributed by atoms with van der Waals surface area (Å²) < 4.78 is 54.1. The molecule has 1 N–H and O–H groups in total. The summed E-state index contributed by atoms with van der Waals surface area (Å²) in [5.41, 5.74) is 0.203. The summed E-state index contributed by atoms with van der Waals surface area (Å²) in [6, 6.07) is 18.1. The van der Waals surface area contributed by atoms with Crippen molar-refractivity contribution in [1.82, 2.24) is 15.2 Å². The summed E-state index contributed by atoms with van der Waals surface area (Å²) in [6.45, 7) is 3.52. The van der Waals surface area contributed by atoms with Crippen LogP contribution in [0.4, 0.5) is 17.6 Å². The Morgan fingerprint density at radius 2 is 1.61 bits per heavy atom. The first kappa shape index (κ1) is 25.2. The van der Waals surface area contributed by atoms with Gasteiger partial charge in [-0.25, -0.2) is 9.40 Å². The fourth-order valence-electron chi connectivity index (χ4n) is 3.73. The number of carbonyl (C=O) groups excluding carboxylic acids is 1. The highest BCUT2D eigenvalue weighted by molar-refractivity contribution is 6.30. The summed E-state index contributed by atoms with van der Waals surface area (Å²) in [5.74, 6) is -0.218. The predicted octanol–water partition coefficient (Wildman–Crippen LogP) is 5.76. The molecular formula is C26H21ClF4N4O. The second kappa shape index (κ2) is 10.4. The van der Waals surface area contributed by atoms with Crippen LogP contribution < -0.4 is 5.32 Å². The molecule has 3 aromatic rings. The fourth-order valence-corrected chi connectivity index (χ4v) is 3.85. The van der Waals surface area contributed by atoms with Gasteiger partial charge in [0.1, 0.15) is 18.2 Å². The number of hydrogen-bond donors (Lipinski definition) is 1. The van der Waals surface area contributed by atoms with E-state index in [1.54, 1.807) is 47.4 Å². The monoisotopic (exact) mass is 516 g/mol. The second-order valence-corrected chi connectivity index (χ2v) is 8.45. The SMILES string of the molecule is C=C1N(CC(=O)NCc2ccccc2C(F)(F)F)N=C(c2ccc(Cl)cc2)N1Cc1ccccc1F. The predicted molar refractivity (Wildman–Crippen MR) is 129 cm³/mol. The summed E-state index contributed by atoms with van der Waals surface area (Å²) >= 11 is 6.00. The molecule has 0 unspecified atom stereocenters. The van der Waals surface area contributed by atoms with E-state index >= 15 is 0 Å². The fraction of sp³-hybridized carbons (Fsp3) is 0.154. The van der Waals surface area contributed by atoms with E-state index in [-0.39, 0.29) is 25.2 Å². The van der Waals surface area contributed by atoms with Gasteiger partial charge < -0.3 is 10.2 Å². The normalized spacial score (nSPS) is 13.7. The van der Waals surface area contributed by atoms with Gasteiger partial charge in [-0.3, -0.25) is 4.79 Å². The number of alkyl halides is 3. The molecule has 1 aliphatic heterocycles. The number of benzene rings is 3. The third-order valence-corrected chi connectivity index (χ3v) is 5.81. The molecule has 0 spiro atoms. The van der Waals surface area contributed by atoms with Gasteiger partial charge in [0.15, 0.2) is 5.84 Å². The second-order valence-electron chi connectivity index (χ2n) is 8.01. The maximum absolute atomic E-state index is 14.4. The molecule has 0 aromatic heterocycles. The van der Waals surface area contributed by atoms with Crippen molar-refractivity contribution in [3.8, 4) is 0 Å². The number of hydrazone groups is 1. The van der Waals surface area contributed by atoms with Crippen LogP contribution in [0.25, 0.3) is 0 Å². The minimum absolute atomic E-state index is 0.0508. The third kappa shape index (κ3) is 5.68. The average Bonchev–Trinajstić information content (AvgIpc) is 3.14. The lowest BCUT2D eigenvalue weighted by Gasteiger charge is -2.24. The van der Waals surface area contributed by atoms with Gasteiger partial charge in [0, 0.05) is 22.7 Å². The quantitative estimate of drug-likeness (QED) is 0.406. The van der Waals surface area contributed by atoms with Crippen LogP contribution in [-0.2, 0) is 24.1 Å². The van der Waals surface area contributed by atoms with E-state index in [0.29, 0.717) is 27.8 Å². The van der Waals surface area contributed by atoms with E-state index in [0.717, 1.165) is 6.07 Å². The molecule has 4 rings (SSSR count).